The number of hydrogen-bond acceptors (Lipinski definition) is 5. The van der Waals surface area contributed by atoms with Gasteiger partial charge in [-0.05, 0) is 55.3 Å². The molecule has 3 rings (SSSR count). The van der Waals surface area contributed by atoms with Crippen LogP contribution in [-0.2, 0) is 26.0 Å². The highest BCUT2D eigenvalue weighted by molar-refractivity contribution is 7.92. The lowest BCUT2D eigenvalue weighted by molar-refractivity contribution is -0.137. The first-order chi connectivity index (χ1) is 14.0. The maximum absolute atomic E-state index is 12.9. The van der Waals surface area contributed by atoms with Crippen LogP contribution in [0, 0.1) is 0 Å². The van der Waals surface area contributed by atoms with Crippen molar-refractivity contribution in [2.75, 3.05) is 20.2 Å². The smallest absolute Gasteiger partial charge is 0.416 e. The van der Waals surface area contributed by atoms with Crippen molar-refractivity contribution in [2.24, 2.45) is 0 Å². The SMILES string of the molecule is COc1ccc(S(=O)(=O)C2CCN(S(=O)(=O)c3cccc(C(F)(F)F)c3)CC2)cc1. The number of benzene rings is 2. The highest BCUT2D eigenvalue weighted by Gasteiger charge is 2.37. The molecular weight excluding hydrogens is 443 g/mol. The lowest BCUT2D eigenvalue weighted by Gasteiger charge is -2.31. The summed E-state index contributed by atoms with van der Waals surface area (Å²) in [5.74, 6) is 0.510. The molecule has 0 bridgehead atoms. The van der Waals surface area contributed by atoms with Crippen molar-refractivity contribution in [1.29, 1.82) is 0 Å². The predicted octanol–water partition coefficient (Wildman–Crippen LogP) is 3.34. The molecule has 1 heterocycles. The van der Waals surface area contributed by atoms with E-state index in [-0.39, 0.29) is 30.8 Å². The van der Waals surface area contributed by atoms with Crippen LogP contribution >= 0.6 is 0 Å². The van der Waals surface area contributed by atoms with Crippen molar-refractivity contribution >= 4 is 19.9 Å². The summed E-state index contributed by atoms with van der Waals surface area (Å²) in [4.78, 5) is -0.351. The number of hydrogen-bond donors (Lipinski definition) is 0. The number of sulfonamides is 1. The van der Waals surface area contributed by atoms with E-state index in [9.17, 15) is 30.0 Å². The lowest BCUT2D eigenvalue weighted by Crippen LogP contribution is -2.42. The number of piperidine rings is 1. The average molecular weight is 463 g/mol. The Bertz CT molecular complexity index is 1110. The third-order valence-corrected chi connectivity index (χ3v) is 9.20. The Morgan fingerprint density at radius 3 is 2.07 bits per heavy atom. The molecular formula is C19H20F3NO5S2. The topological polar surface area (TPSA) is 80.8 Å². The molecule has 30 heavy (non-hydrogen) atoms. The van der Waals surface area contributed by atoms with E-state index in [1.54, 1.807) is 0 Å². The second-order valence-corrected chi connectivity index (χ2v) is 11.0. The first kappa shape index (κ1) is 22.6. The molecule has 1 fully saturated rings. The monoisotopic (exact) mass is 463 g/mol. The molecule has 0 unspecified atom stereocenters. The summed E-state index contributed by atoms with van der Waals surface area (Å²) >= 11 is 0. The molecule has 1 aliphatic rings. The van der Waals surface area contributed by atoms with Crippen molar-refractivity contribution in [3.05, 3.63) is 54.1 Å². The molecule has 1 saturated heterocycles. The van der Waals surface area contributed by atoms with Crippen molar-refractivity contribution in [3.63, 3.8) is 0 Å². The van der Waals surface area contributed by atoms with Gasteiger partial charge in [0.05, 0.1) is 27.7 Å². The van der Waals surface area contributed by atoms with Crippen molar-refractivity contribution < 1.29 is 34.7 Å². The third-order valence-electron chi connectivity index (χ3n) is 5.03. The number of methoxy groups -OCH3 is 1. The summed E-state index contributed by atoms with van der Waals surface area (Å²) < 4.78 is 95.9. The third kappa shape index (κ3) is 4.47. The Balaban J connectivity index is 1.76. The van der Waals surface area contributed by atoms with E-state index in [1.807, 2.05) is 0 Å². The van der Waals surface area contributed by atoms with E-state index >= 15 is 0 Å². The number of ether oxygens (including phenoxy) is 1. The number of rotatable bonds is 5. The molecule has 0 aromatic heterocycles. The molecule has 0 N–H and O–H groups in total. The van der Waals surface area contributed by atoms with E-state index in [0.29, 0.717) is 11.8 Å². The van der Waals surface area contributed by atoms with E-state index in [0.717, 1.165) is 22.5 Å². The molecule has 11 heteroatoms. The lowest BCUT2D eigenvalue weighted by atomic mass is 10.2. The summed E-state index contributed by atoms with van der Waals surface area (Å²) in [6.45, 7) is -0.197. The van der Waals surface area contributed by atoms with Gasteiger partial charge in [-0.15, -0.1) is 0 Å². The number of nitrogens with zero attached hydrogens (tertiary/aromatic N) is 1. The van der Waals surface area contributed by atoms with E-state index in [1.165, 1.54) is 31.4 Å². The minimum Gasteiger partial charge on any atom is -0.497 e. The first-order valence-electron chi connectivity index (χ1n) is 9.01. The van der Waals surface area contributed by atoms with Gasteiger partial charge in [0.15, 0.2) is 9.84 Å². The quantitative estimate of drug-likeness (QED) is 0.680. The Kier molecular flexibility index (Phi) is 6.17. The minimum atomic E-state index is -4.66. The number of halogens is 3. The molecule has 0 amide bonds. The van der Waals surface area contributed by atoms with E-state index < -0.39 is 41.7 Å². The number of alkyl halides is 3. The average Bonchev–Trinajstić information content (AvgIpc) is 2.73. The van der Waals surface area contributed by atoms with Gasteiger partial charge >= 0.3 is 6.18 Å². The zero-order chi connectivity index (χ0) is 22.2. The predicted molar refractivity (Wildman–Crippen MR) is 103 cm³/mol. The van der Waals surface area contributed by atoms with Crippen molar-refractivity contribution in [3.8, 4) is 5.75 Å². The summed E-state index contributed by atoms with van der Waals surface area (Å²) in [7, 11) is -6.38. The van der Waals surface area contributed by atoms with Gasteiger partial charge in [-0.2, -0.15) is 17.5 Å². The fourth-order valence-corrected chi connectivity index (χ4v) is 6.57. The van der Waals surface area contributed by atoms with Gasteiger partial charge < -0.3 is 4.74 Å². The summed E-state index contributed by atoms with van der Waals surface area (Å²) in [5.41, 5.74) is -1.06. The van der Waals surface area contributed by atoms with Gasteiger partial charge in [0, 0.05) is 13.1 Å². The maximum Gasteiger partial charge on any atom is 0.416 e. The Labute approximate surface area is 173 Å². The van der Waals surface area contributed by atoms with Crippen LogP contribution < -0.4 is 4.74 Å². The molecule has 0 spiro atoms. The van der Waals surface area contributed by atoms with Crippen LogP contribution in [0.2, 0.25) is 0 Å². The van der Waals surface area contributed by atoms with Gasteiger partial charge in [-0.25, -0.2) is 16.8 Å². The minimum absolute atomic E-state index is 0.0482. The zero-order valence-corrected chi connectivity index (χ0v) is 17.6. The molecule has 0 atom stereocenters. The second-order valence-electron chi connectivity index (χ2n) is 6.85. The van der Waals surface area contributed by atoms with E-state index in [2.05, 4.69) is 0 Å². The normalized spacial score (nSPS) is 17.1. The summed E-state index contributed by atoms with van der Waals surface area (Å²) in [6.07, 6.45) is -4.57. The molecule has 1 aliphatic heterocycles. The summed E-state index contributed by atoms with van der Waals surface area (Å²) in [5, 5.41) is -0.779. The fraction of sp³-hybridized carbons (Fsp3) is 0.368. The fourth-order valence-electron chi connectivity index (χ4n) is 3.32. The highest BCUT2D eigenvalue weighted by Crippen LogP contribution is 2.32. The van der Waals surface area contributed by atoms with Crippen LogP contribution in [0.3, 0.4) is 0 Å². The number of sulfone groups is 1. The Morgan fingerprint density at radius 2 is 1.53 bits per heavy atom. The standard InChI is InChI=1S/C19H20F3NO5S2/c1-28-15-5-7-16(8-6-15)29(24,25)17-9-11-23(12-10-17)30(26,27)18-4-2-3-14(13-18)19(20,21)22/h2-8,13,17H,9-12H2,1H3. The van der Waals surface area contributed by atoms with Crippen LogP contribution in [0.25, 0.3) is 0 Å². The van der Waals surface area contributed by atoms with Crippen molar-refractivity contribution in [2.45, 2.75) is 34.1 Å². The highest BCUT2D eigenvalue weighted by atomic mass is 32.2. The van der Waals surface area contributed by atoms with Crippen LogP contribution in [0.15, 0.2) is 58.3 Å². The van der Waals surface area contributed by atoms with Gasteiger partial charge in [-0.3, -0.25) is 0 Å². The van der Waals surface area contributed by atoms with Crippen LogP contribution in [0.5, 0.6) is 5.75 Å². The van der Waals surface area contributed by atoms with Gasteiger partial charge in [-0.1, -0.05) is 6.07 Å². The largest absolute Gasteiger partial charge is 0.497 e. The van der Waals surface area contributed by atoms with Gasteiger partial charge in [0.1, 0.15) is 5.75 Å². The zero-order valence-electron chi connectivity index (χ0n) is 16.0. The summed E-state index contributed by atoms with van der Waals surface area (Å²) in [6, 6.07) is 9.45. The van der Waals surface area contributed by atoms with Crippen molar-refractivity contribution in [1.82, 2.24) is 4.31 Å². The van der Waals surface area contributed by atoms with E-state index in [4.69, 9.17) is 4.74 Å². The molecule has 2 aromatic rings. The first-order valence-corrected chi connectivity index (χ1v) is 12.0. The van der Waals surface area contributed by atoms with Crippen LogP contribution in [0.4, 0.5) is 13.2 Å². The Morgan fingerprint density at radius 1 is 0.933 bits per heavy atom. The maximum atomic E-state index is 12.9. The van der Waals surface area contributed by atoms with Crippen LogP contribution in [-0.4, -0.2) is 46.6 Å². The second kappa shape index (κ2) is 8.20. The molecule has 6 nitrogen and oxygen atoms in total. The molecule has 2 aromatic carbocycles. The Hall–Kier alpha value is -2.11. The molecule has 0 aliphatic carbocycles. The molecule has 164 valence electrons. The molecule has 0 saturated carbocycles. The van der Waals surface area contributed by atoms with Gasteiger partial charge in [0.25, 0.3) is 0 Å². The van der Waals surface area contributed by atoms with Gasteiger partial charge in [0.2, 0.25) is 10.0 Å². The van der Waals surface area contributed by atoms with Crippen LogP contribution in [0.1, 0.15) is 18.4 Å². The molecule has 0 radical (unpaired) electrons.